The minimum atomic E-state index is -1.61. The van der Waals surface area contributed by atoms with Crippen LogP contribution < -0.4 is 11.1 Å². The van der Waals surface area contributed by atoms with Crippen LogP contribution >= 0.6 is 23.2 Å². The normalized spacial score (nSPS) is 17.1. The number of benzene rings is 4. The van der Waals surface area contributed by atoms with E-state index in [1.54, 1.807) is 97.1 Å². The van der Waals surface area contributed by atoms with Crippen LogP contribution in [0.1, 0.15) is 35.6 Å². The highest BCUT2D eigenvalue weighted by Gasteiger charge is 2.52. The summed E-state index contributed by atoms with van der Waals surface area (Å²) in [4.78, 5) is 84.5. The number of hydrogen-bond acceptors (Lipinski definition) is 12. The molecule has 0 radical (unpaired) electrons. The molecule has 0 amide bonds. The van der Waals surface area contributed by atoms with Crippen molar-refractivity contribution in [1.82, 2.24) is 19.1 Å². The fourth-order valence-corrected chi connectivity index (χ4v) is 7.24. The molecule has 6 aromatic rings. The number of ether oxygens (including phenoxy) is 4. The Bertz CT molecular complexity index is 2490. The third kappa shape index (κ3) is 6.16. The SMILES string of the molecule is COC(=O)C[C@]1(OC(=O)CCl)c2ccccc2-n2c1nc1ccccc1c2=O.COC(=O)C[C@]1(OC(=O)CCl)c2ccccc2-n2c1nc1ccccc1c2=O. The minimum Gasteiger partial charge on any atom is -0.469 e. The summed E-state index contributed by atoms with van der Waals surface area (Å²) in [6, 6.07) is 27.5. The second kappa shape index (κ2) is 15.0. The number of aromatic nitrogens is 4. The first-order valence-electron chi connectivity index (χ1n) is 17.0. The number of esters is 4. The maximum absolute atomic E-state index is 13.2. The molecule has 56 heavy (non-hydrogen) atoms. The Kier molecular flexibility index (Phi) is 10.2. The molecule has 2 aliphatic heterocycles. The van der Waals surface area contributed by atoms with E-state index in [0.717, 1.165) is 0 Å². The van der Waals surface area contributed by atoms with Gasteiger partial charge in [0.2, 0.25) is 11.2 Å². The first kappa shape index (κ1) is 37.9. The second-order valence-corrected chi connectivity index (χ2v) is 13.1. The monoisotopic (exact) mass is 796 g/mol. The molecule has 0 unspecified atom stereocenters. The molecule has 2 atom stereocenters. The Morgan fingerprint density at radius 2 is 0.911 bits per heavy atom. The van der Waals surface area contributed by atoms with Gasteiger partial charge in [0.05, 0.1) is 60.2 Å². The van der Waals surface area contributed by atoms with Crippen molar-refractivity contribution in [1.29, 1.82) is 0 Å². The lowest BCUT2D eigenvalue weighted by atomic mass is 9.90. The minimum absolute atomic E-state index is 0.140. The number of hydrogen-bond donors (Lipinski definition) is 0. The van der Waals surface area contributed by atoms with Crippen molar-refractivity contribution < 1.29 is 38.1 Å². The van der Waals surface area contributed by atoms with Crippen molar-refractivity contribution >= 4 is 68.9 Å². The summed E-state index contributed by atoms with van der Waals surface area (Å²) >= 11 is 11.3. The van der Waals surface area contributed by atoms with Gasteiger partial charge in [-0.2, -0.15) is 0 Å². The fraction of sp³-hybridized carbons (Fsp3) is 0.200. The summed E-state index contributed by atoms with van der Waals surface area (Å²) < 4.78 is 23.8. The summed E-state index contributed by atoms with van der Waals surface area (Å²) in [5.74, 6) is -3.26. The van der Waals surface area contributed by atoms with Gasteiger partial charge in [-0.15, -0.1) is 23.2 Å². The topological polar surface area (TPSA) is 175 Å². The molecule has 0 saturated carbocycles. The number of carbonyl (C=O) groups excluding carboxylic acids is 4. The molecule has 0 fully saturated rings. The van der Waals surface area contributed by atoms with E-state index in [4.69, 9.17) is 42.1 Å². The Hall–Kier alpha value is -6.38. The van der Waals surface area contributed by atoms with Gasteiger partial charge in [-0.1, -0.05) is 60.7 Å². The van der Waals surface area contributed by atoms with Gasteiger partial charge in [-0.05, 0) is 36.4 Å². The Labute approximate surface area is 327 Å². The van der Waals surface area contributed by atoms with Crippen molar-refractivity contribution in [3.8, 4) is 11.4 Å². The highest BCUT2D eigenvalue weighted by atomic mass is 35.5. The molecule has 2 aliphatic rings. The first-order chi connectivity index (χ1) is 27.0. The van der Waals surface area contributed by atoms with Gasteiger partial charge in [-0.25, -0.2) is 9.97 Å². The van der Waals surface area contributed by atoms with E-state index in [1.807, 2.05) is 0 Å². The third-order valence-corrected chi connectivity index (χ3v) is 9.91. The van der Waals surface area contributed by atoms with Crippen LogP contribution in [-0.4, -0.2) is 69.0 Å². The van der Waals surface area contributed by atoms with Crippen LogP contribution in [0.2, 0.25) is 0 Å². The van der Waals surface area contributed by atoms with Crippen molar-refractivity contribution in [2.75, 3.05) is 26.0 Å². The van der Waals surface area contributed by atoms with E-state index in [-0.39, 0.29) is 35.6 Å². The van der Waals surface area contributed by atoms with Gasteiger partial charge in [0, 0.05) is 11.1 Å². The summed E-state index contributed by atoms with van der Waals surface area (Å²) in [5, 5.41) is 0.831. The summed E-state index contributed by atoms with van der Waals surface area (Å²) in [6.45, 7) is 0. The quantitative estimate of drug-likeness (QED) is 0.119. The molecular weight excluding hydrogens is 767 g/mol. The van der Waals surface area contributed by atoms with Gasteiger partial charge in [0.15, 0.2) is 11.6 Å². The lowest BCUT2D eigenvalue weighted by molar-refractivity contribution is -0.162. The van der Waals surface area contributed by atoms with Crippen molar-refractivity contribution in [3.63, 3.8) is 0 Å². The van der Waals surface area contributed by atoms with E-state index in [0.29, 0.717) is 44.3 Å². The van der Waals surface area contributed by atoms with E-state index in [2.05, 4.69) is 9.97 Å². The maximum atomic E-state index is 13.2. The lowest BCUT2D eigenvalue weighted by Crippen LogP contribution is -2.38. The number of halogens is 2. The molecule has 4 heterocycles. The van der Waals surface area contributed by atoms with Gasteiger partial charge in [0.1, 0.15) is 11.8 Å². The van der Waals surface area contributed by atoms with Gasteiger partial charge in [-0.3, -0.25) is 37.9 Å². The summed E-state index contributed by atoms with van der Waals surface area (Å²) in [5.41, 5.74) is -1.07. The zero-order valence-electron chi connectivity index (χ0n) is 29.7. The number of nitrogens with zero attached hydrogens (tertiary/aromatic N) is 4. The zero-order valence-corrected chi connectivity index (χ0v) is 31.2. The number of alkyl halides is 2. The highest BCUT2D eigenvalue weighted by molar-refractivity contribution is 6.26. The molecule has 2 aromatic heterocycles. The van der Waals surface area contributed by atoms with Crippen LogP contribution in [0, 0.1) is 0 Å². The molecule has 0 saturated heterocycles. The molecule has 284 valence electrons. The number of methoxy groups -OCH3 is 2. The molecule has 4 aromatic carbocycles. The highest BCUT2D eigenvalue weighted by Crippen LogP contribution is 2.46. The van der Waals surface area contributed by atoms with Gasteiger partial charge < -0.3 is 18.9 Å². The Morgan fingerprint density at radius 1 is 0.554 bits per heavy atom. The molecule has 14 nitrogen and oxygen atoms in total. The van der Waals surface area contributed by atoms with E-state index < -0.39 is 46.8 Å². The summed E-state index contributed by atoms with van der Waals surface area (Å²) in [7, 11) is 2.47. The Morgan fingerprint density at radius 3 is 1.29 bits per heavy atom. The van der Waals surface area contributed by atoms with Crippen LogP contribution in [0.4, 0.5) is 0 Å². The molecule has 8 rings (SSSR count). The smallest absolute Gasteiger partial charge is 0.322 e. The molecule has 0 aliphatic carbocycles. The van der Waals surface area contributed by atoms with E-state index in [9.17, 15) is 28.8 Å². The molecule has 16 heteroatoms. The van der Waals surface area contributed by atoms with Crippen LogP contribution in [0.25, 0.3) is 33.2 Å². The van der Waals surface area contributed by atoms with Crippen LogP contribution in [0.5, 0.6) is 0 Å². The Balaban J connectivity index is 0.000000172. The van der Waals surface area contributed by atoms with Crippen molar-refractivity contribution in [2.45, 2.75) is 24.0 Å². The average Bonchev–Trinajstić information content (AvgIpc) is 3.64. The fourth-order valence-electron chi connectivity index (χ4n) is 7.13. The lowest BCUT2D eigenvalue weighted by Gasteiger charge is -2.28. The standard InChI is InChI=1S/2C20H15ClN2O5/c2*1-27-16(24)10-20(28-17(25)11-21)13-7-3-5-9-15(13)23-18(26)12-6-2-4-8-14(12)22-19(20)23/h2*2-9H,10-11H2,1H3/t2*20-/m00/s1. The predicted octanol–water partition coefficient (Wildman–Crippen LogP) is 4.58. The zero-order chi connectivity index (χ0) is 39.8. The maximum Gasteiger partial charge on any atom is 0.322 e. The number of para-hydroxylation sites is 4. The third-order valence-electron chi connectivity index (χ3n) is 9.47. The number of fused-ring (bicyclic) bond motifs is 8. The second-order valence-electron chi connectivity index (χ2n) is 12.6. The van der Waals surface area contributed by atoms with Crippen LogP contribution in [-0.2, 0) is 49.3 Å². The molecule has 0 N–H and O–H groups in total. The van der Waals surface area contributed by atoms with Crippen LogP contribution in [0.15, 0.2) is 107 Å². The van der Waals surface area contributed by atoms with Gasteiger partial charge in [0.25, 0.3) is 11.1 Å². The number of carbonyl (C=O) groups is 4. The predicted molar refractivity (Wildman–Crippen MR) is 203 cm³/mol. The molecule has 0 spiro atoms. The van der Waals surface area contributed by atoms with E-state index in [1.165, 1.54) is 23.4 Å². The number of rotatable bonds is 8. The largest absolute Gasteiger partial charge is 0.469 e. The van der Waals surface area contributed by atoms with Gasteiger partial charge >= 0.3 is 23.9 Å². The van der Waals surface area contributed by atoms with Crippen LogP contribution in [0.3, 0.4) is 0 Å². The molecule has 0 bridgehead atoms. The van der Waals surface area contributed by atoms with Crippen molar-refractivity contribution in [3.05, 3.63) is 141 Å². The van der Waals surface area contributed by atoms with Crippen molar-refractivity contribution in [2.24, 2.45) is 0 Å². The first-order valence-corrected chi connectivity index (χ1v) is 18.0. The van der Waals surface area contributed by atoms with E-state index >= 15 is 0 Å². The summed E-state index contributed by atoms with van der Waals surface area (Å²) in [6.07, 6.45) is -0.679. The average molecular weight is 798 g/mol. The molecular formula is C40H30Cl2N4O10.